The molecule has 2 aromatic rings. The van der Waals surface area contributed by atoms with Crippen molar-refractivity contribution >= 4 is 0 Å². The van der Waals surface area contributed by atoms with Gasteiger partial charge in [-0.15, -0.1) is 0 Å². The summed E-state index contributed by atoms with van der Waals surface area (Å²) in [6.45, 7) is 5.09. The fourth-order valence-electron chi connectivity index (χ4n) is 2.09. The molecule has 2 aromatic heterocycles. The quantitative estimate of drug-likeness (QED) is 0.869. The highest BCUT2D eigenvalue weighted by molar-refractivity contribution is 5.15. The molecule has 1 atom stereocenters. The Morgan fingerprint density at radius 3 is 2.67 bits per heavy atom. The summed E-state index contributed by atoms with van der Waals surface area (Å²) in [5.41, 5.74) is 9.44. The Balaban J connectivity index is 2.15. The number of aromatic nitrogens is 4. The molecule has 0 aliphatic carbocycles. The van der Waals surface area contributed by atoms with E-state index in [1.54, 1.807) is 4.68 Å². The van der Waals surface area contributed by atoms with Gasteiger partial charge < -0.3 is 5.73 Å². The van der Waals surface area contributed by atoms with Crippen LogP contribution in [-0.4, -0.2) is 19.6 Å². The van der Waals surface area contributed by atoms with Gasteiger partial charge in [-0.1, -0.05) is 6.92 Å². The summed E-state index contributed by atoms with van der Waals surface area (Å²) in [5, 5.41) is 8.89. The maximum absolute atomic E-state index is 6.20. The second kappa shape index (κ2) is 5.35. The molecule has 18 heavy (non-hydrogen) atoms. The second-order valence-electron chi connectivity index (χ2n) is 4.52. The van der Waals surface area contributed by atoms with Crippen molar-refractivity contribution in [1.29, 1.82) is 0 Å². The van der Waals surface area contributed by atoms with Gasteiger partial charge in [0.2, 0.25) is 0 Å². The van der Waals surface area contributed by atoms with E-state index < -0.39 is 0 Å². The third-order valence-corrected chi connectivity index (χ3v) is 3.12. The number of nitrogens with two attached hydrogens (primary N) is 1. The van der Waals surface area contributed by atoms with Crippen molar-refractivity contribution in [1.82, 2.24) is 19.6 Å². The average molecular weight is 247 g/mol. The molecule has 2 N–H and O–H groups in total. The zero-order valence-corrected chi connectivity index (χ0v) is 11.3. The van der Waals surface area contributed by atoms with Crippen molar-refractivity contribution in [2.24, 2.45) is 12.8 Å². The van der Waals surface area contributed by atoms with Gasteiger partial charge in [0.15, 0.2) is 0 Å². The molecule has 2 rings (SSSR count). The molecule has 0 fully saturated rings. The van der Waals surface area contributed by atoms with Gasteiger partial charge in [0.05, 0.1) is 17.4 Å². The molecule has 0 spiro atoms. The first-order valence-electron chi connectivity index (χ1n) is 6.44. The van der Waals surface area contributed by atoms with Crippen molar-refractivity contribution < 1.29 is 0 Å². The molecule has 0 saturated carbocycles. The topological polar surface area (TPSA) is 61.7 Å². The van der Waals surface area contributed by atoms with Crippen molar-refractivity contribution in [3.8, 4) is 0 Å². The van der Waals surface area contributed by atoms with E-state index in [4.69, 9.17) is 5.73 Å². The van der Waals surface area contributed by atoms with E-state index in [9.17, 15) is 0 Å². The number of nitrogens with zero attached hydrogens (tertiary/aromatic N) is 4. The average Bonchev–Trinajstić information content (AvgIpc) is 2.95. The van der Waals surface area contributed by atoms with Crippen LogP contribution in [0.1, 0.15) is 37.0 Å². The zero-order valence-electron chi connectivity index (χ0n) is 11.3. The van der Waals surface area contributed by atoms with Crippen LogP contribution in [0.3, 0.4) is 0 Å². The Kier molecular flexibility index (Phi) is 3.81. The highest BCUT2D eigenvalue weighted by Crippen LogP contribution is 2.15. The Morgan fingerprint density at radius 2 is 2.11 bits per heavy atom. The lowest BCUT2D eigenvalue weighted by Gasteiger charge is -2.10. The molecule has 1 unspecified atom stereocenters. The third-order valence-electron chi connectivity index (χ3n) is 3.12. The van der Waals surface area contributed by atoms with E-state index in [0.29, 0.717) is 0 Å². The van der Waals surface area contributed by atoms with Crippen LogP contribution in [0.4, 0.5) is 0 Å². The fourth-order valence-corrected chi connectivity index (χ4v) is 2.09. The Hall–Kier alpha value is -1.62. The van der Waals surface area contributed by atoms with E-state index in [1.165, 1.54) is 5.69 Å². The molecule has 0 radical (unpaired) electrons. The van der Waals surface area contributed by atoms with Crippen LogP contribution >= 0.6 is 0 Å². The summed E-state index contributed by atoms with van der Waals surface area (Å²) in [6, 6.07) is 4.04. The third kappa shape index (κ3) is 2.61. The molecule has 2 heterocycles. The molecule has 0 amide bonds. The van der Waals surface area contributed by atoms with E-state index >= 15 is 0 Å². The minimum Gasteiger partial charge on any atom is -0.322 e. The van der Waals surface area contributed by atoms with Crippen molar-refractivity contribution in [2.75, 3.05) is 0 Å². The van der Waals surface area contributed by atoms with Gasteiger partial charge in [-0.25, -0.2) is 0 Å². The van der Waals surface area contributed by atoms with E-state index in [-0.39, 0.29) is 6.04 Å². The van der Waals surface area contributed by atoms with Crippen LogP contribution in [0.2, 0.25) is 0 Å². The number of hydrogen-bond donors (Lipinski definition) is 1. The first-order valence-corrected chi connectivity index (χ1v) is 6.44. The lowest BCUT2D eigenvalue weighted by atomic mass is 10.1. The summed E-state index contributed by atoms with van der Waals surface area (Å²) in [5.74, 6) is 0. The van der Waals surface area contributed by atoms with Gasteiger partial charge in [0.1, 0.15) is 0 Å². The van der Waals surface area contributed by atoms with Crippen LogP contribution < -0.4 is 5.73 Å². The largest absolute Gasteiger partial charge is 0.322 e. The SMILES string of the molecule is CCc1cc(CC(N)c2ccn(C)n2)n(CC)n1. The van der Waals surface area contributed by atoms with Gasteiger partial charge in [0, 0.05) is 31.9 Å². The van der Waals surface area contributed by atoms with Crippen LogP contribution in [0.25, 0.3) is 0 Å². The van der Waals surface area contributed by atoms with Crippen LogP contribution in [-0.2, 0) is 26.4 Å². The minimum absolute atomic E-state index is 0.0714. The Morgan fingerprint density at radius 1 is 1.33 bits per heavy atom. The van der Waals surface area contributed by atoms with Crippen LogP contribution in [0.5, 0.6) is 0 Å². The maximum Gasteiger partial charge on any atom is 0.0795 e. The highest BCUT2D eigenvalue weighted by Gasteiger charge is 2.14. The monoisotopic (exact) mass is 247 g/mol. The molecule has 98 valence electrons. The smallest absolute Gasteiger partial charge is 0.0795 e. The maximum atomic E-state index is 6.20. The molecule has 0 saturated heterocycles. The summed E-state index contributed by atoms with van der Waals surface area (Å²) in [4.78, 5) is 0. The lowest BCUT2D eigenvalue weighted by molar-refractivity contribution is 0.575. The summed E-state index contributed by atoms with van der Waals surface area (Å²) in [7, 11) is 1.90. The van der Waals surface area contributed by atoms with Gasteiger partial charge in [-0.05, 0) is 25.5 Å². The predicted molar refractivity (Wildman–Crippen MR) is 71.1 cm³/mol. The van der Waals surface area contributed by atoms with E-state index in [1.807, 2.05) is 24.0 Å². The lowest BCUT2D eigenvalue weighted by Crippen LogP contribution is -2.17. The van der Waals surface area contributed by atoms with Gasteiger partial charge >= 0.3 is 0 Å². The Bertz CT molecular complexity index is 511. The predicted octanol–water partition coefficient (Wildman–Crippen LogP) is 1.44. The summed E-state index contributed by atoms with van der Waals surface area (Å²) < 4.78 is 3.81. The van der Waals surface area contributed by atoms with Gasteiger partial charge in [-0.2, -0.15) is 10.2 Å². The number of rotatable bonds is 5. The van der Waals surface area contributed by atoms with Gasteiger partial charge in [0.25, 0.3) is 0 Å². The standard InChI is InChI=1S/C13H21N5/c1-4-10-8-11(18(5-2)15-10)9-12(14)13-6-7-17(3)16-13/h6-8,12H,4-5,9,14H2,1-3H3. The number of aryl methyl sites for hydroxylation is 3. The Labute approximate surface area is 108 Å². The van der Waals surface area contributed by atoms with Crippen molar-refractivity contribution in [3.05, 3.63) is 35.4 Å². The first-order chi connectivity index (χ1) is 8.63. The molecule has 5 heteroatoms. The van der Waals surface area contributed by atoms with E-state index in [0.717, 1.165) is 30.8 Å². The number of hydrogen-bond acceptors (Lipinski definition) is 3. The highest BCUT2D eigenvalue weighted by atomic mass is 15.3. The summed E-state index contributed by atoms with van der Waals surface area (Å²) >= 11 is 0. The first kappa shape index (κ1) is 12.8. The van der Waals surface area contributed by atoms with Gasteiger partial charge in [-0.3, -0.25) is 9.36 Å². The summed E-state index contributed by atoms with van der Waals surface area (Å²) in [6.07, 6.45) is 3.65. The molecule has 0 bridgehead atoms. The molecule has 0 aliphatic rings. The van der Waals surface area contributed by atoms with E-state index in [2.05, 4.69) is 30.1 Å². The van der Waals surface area contributed by atoms with Crippen molar-refractivity contribution in [2.45, 2.75) is 39.3 Å². The minimum atomic E-state index is -0.0714. The van der Waals surface area contributed by atoms with Crippen LogP contribution in [0, 0.1) is 0 Å². The fraction of sp³-hybridized carbons (Fsp3) is 0.538. The molecular weight excluding hydrogens is 226 g/mol. The molecule has 5 nitrogen and oxygen atoms in total. The van der Waals surface area contributed by atoms with Crippen LogP contribution in [0.15, 0.2) is 18.3 Å². The molecule has 0 aliphatic heterocycles. The van der Waals surface area contributed by atoms with Crippen molar-refractivity contribution in [3.63, 3.8) is 0 Å². The molecule has 0 aromatic carbocycles. The normalized spacial score (nSPS) is 12.9. The second-order valence-corrected chi connectivity index (χ2v) is 4.52. The zero-order chi connectivity index (χ0) is 13.1. The molecular formula is C13H21N5.